The van der Waals surface area contributed by atoms with Gasteiger partial charge in [-0.1, -0.05) is 20.3 Å². The van der Waals surface area contributed by atoms with Crippen LogP contribution in [0.4, 0.5) is 0 Å². The first kappa shape index (κ1) is 12.6. The average Bonchev–Trinajstić information content (AvgIpc) is 2.12. The first-order valence-electron chi connectivity index (χ1n) is 5.32. The van der Waals surface area contributed by atoms with E-state index >= 15 is 0 Å². The van der Waals surface area contributed by atoms with Crippen molar-refractivity contribution in [1.29, 1.82) is 0 Å². The Labute approximate surface area is 81.7 Å². The van der Waals surface area contributed by atoms with Crippen molar-refractivity contribution < 1.29 is 9.53 Å². The quantitative estimate of drug-likeness (QED) is 0.545. The van der Waals surface area contributed by atoms with Crippen molar-refractivity contribution in [1.82, 2.24) is 0 Å². The standard InChI is InChI=1S/C11H22O2/c1-4-7-10(3)11(12)8-6-9-13-5-2/h10H,4-9H2,1-3H3. The van der Waals surface area contributed by atoms with E-state index in [-0.39, 0.29) is 5.92 Å². The van der Waals surface area contributed by atoms with Crippen LogP contribution in [0.15, 0.2) is 0 Å². The van der Waals surface area contributed by atoms with Gasteiger partial charge in [-0.2, -0.15) is 0 Å². The lowest BCUT2D eigenvalue weighted by atomic mass is 9.98. The van der Waals surface area contributed by atoms with Crippen molar-refractivity contribution in [3.8, 4) is 0 Å². The van der Waals surface area contributed by atoms with E-state index < -0.39 is 0 Å². The second kappa shape index (κ2) is 8.24. The third kappa shape index (κ3) is 6.76. The highest BCUT2D eigenvalue weighted by molar-refractivity contribution is 5.80. The molecule has 0 spiro atoms. The molecule has 78 valence electrons. The molecule has 0 fully saturated rings. The van der Waals surface area contributed by atoms with Crippen LogP contribution in [0.5, 0.6) is 0 Å². The number of rotatable bonds is 8. The lowest BCUT2D eigenvalue weighted by molar-refractivity contribution is -0.122. The van der Waals surface area contributed by atoms with Crippen LogP contribution < -0.4 is 0 Å². The molecule has 2 heteroatoms. The Hall–Kier alpha value is -0.370. The van der Waals surface area contributed by atoms with Crippen LogP contribution in [0, 0.1) is 5.92 Å². The summed E-state index contributed by atoms with van der Waals surface area (Å²) < 4.78 is 5.17. The summed E-state index contributed by atoms with van der Waals surface area (Å²) in [6.45, 7) is 7.58. The molecule has 0 rings (SSSR count). The maximum Gasteiger partial charge on any atom is 0.135 e. The van der Waals surface area contributed by atoms with Crippen LogP contribution in [0.2, 0.25) is 0 Å². The van der Waals surface area contributed by atoms with Gasteiger partial charge in [-0.25, -0.2) is 0 Å². The average molecular weight is 186 g/mol. The Kier molecular flexibility index (Phi) is 8.00. The zero-order chi connectivity index (χ0) is 10.1. The highest BCUT2D eigenvalue weighted by atomic mass is 16.5. The van der Waals surface area contributed by atoms with Gasteiger partial charge in [0.25, 0.3) is 0 Å². The number of ketones is 1. The third-order valence-corrected chi connectivity index (χ3v) is 2.19. The summed E-state index contributed by atoms with van der Waals surface area (Å²) in [5.74, 6) is 0.633. The van der Waals surface area contributed by atoms with Crippen molar-refractivity contribution in [3.05, 3.63) is 0 Å². The van der Waals surface area contributed by atoms with E-state index in [1.807, 2.05) is 13.8 Å². The lowest BCUT2D eigenvalue weighted by Crippen LogP contribution is -2.11. The molecule has 0 aromatic rings. The summed E-state index contributed by atoms with van der Waals surface area (Å²) in [6.07, 6.45) is 3.67. The molecule has 0 aromatic carbocycles. The van der Waals surface area contributed by atoms with E-state index in [1.54, 1.807) is 0 Å². The molecule has 0 saturated carbocycles. The van der Waals surface area contributed by atoms with E-state index in [4.69, 9.17) is 4.74 Å². The summed E-state index contributed by atoms with van der Waals surface area (Å²) in [6, 6.07) is 0. The second-order valence-electron chi connectivity index (χ2n) is 3.46. The predicted octanol–water partition coefficient (Wildman–Crippen LogP) is 2.81. The number of Topliss-reactive ketones (excluding diaryl/α,β-unsaturated/α-hetero) is 1. The topological polar surface area (TPSA) is 26.3 Å². The zero-order valence-corrected chi connectivity index (χ0v) is 9.14. The number of carbonyl (C=O) groups is 1. The van der Waals surface area contributed by atoms with Gasteiger partial charge in [-0.15, -0.1) is 0 Å². The molecule has 0 N–H and O–H groups in total. The zero-order valence-electron chi connectivity index (χ0n) is 9.14. The van der Waals surface area contributed by atoms with Crippen molar-refractivity contribution in [2.24, 2.45) is 5.92 Å². The first-order valence-corrected chi connectivity index (χ1v) is 5.32. The van der Waals surface area contributed by atoms with Crippen molar-refractivity contribution >= 4 is 5.78 Å². The second-order valence-corrected chi connectivity index (χ2v) is 3.46. The fourth-order valence-electron chi connectivity index (χ4n) is 1.33. The van der Waals surface area contributed by atoms with Crippen LogP contribution in [-0.4, -0.2) is 19.0 Å². The van der Waals surface area contributed by atoms with Crippen molar-refractivity contribution in [2.45, 2.75) is 46.5 Å². The number of carbonyl (C=O) groups excluding carboxylic acids is 1. The minimum absolute atomic E-state index is 0.242. The molecule has 0 aliphatic rings. The molecule has 0 aliphatic heterocycles. The molecule has 0 bridgehead atoms. The highest BCUT2D eigenvalue weighted by Gasteiger charge is 2.10. The van der Waals surface area contributed by atoms with Gasteiger partial charge in [0.15, 0.2) is 0 Å². The summed E-state index contributed by atoms with van der Waals surface area (Å²) in [4.78, 5) is 11.4. The van der Waals surface area contributed by atoms with Crippen molar-refractivity contribution in [2.75, 3.05) is 13.2 Å². The number of hydrogen-bond acceptors (Lipinski definition) is 2. The lowest BCUT2D eigenvalue weighted by Gasteiger charge is -2.08. The van der Waals surface area contributed by atoms with Gasteiger partial charge in [0.05, 0.1) is 0 Å². The Morgan fingerprint density at radius 3 is 2.62 bits per heavy atom. The van der Waals surface area contributed by atoms with Gasteiger partial charge in [-0.05, 0) is 19.8 Å². The summed E-state index contributed by atoms with van der Waals surface area (Å²) in [7, 11) is 0. The molecule has 0 radical (unpaired) electrons. The van der Waals surface area contributed by atoms with E-state index in [9.17, 15) is 4.79 Å². The minimum Gasteiger partial charge on any atom is -0.382 e. The van der Waals surface area contributed by atoms with Crippen LogP contribution in [0.3, 0.4) is 0 Å². The summed E-state index contributed by atoms with van der Waals surface area (Å²) in [5.41, 5.74) is 0. The Bertz CT molecular complexity index is 132. The van der Waals surface area contributed by atoms with Gasteiger partial charge in [0.2, 0.25) is 0 Å². The maximum atomic E-state index is 11.4. The largest absolute Gasteiger partial charge is 0.382 e. The fourth-order valence-corrected chi connectivity index (χ4v) is 1.33. The Morgan fingerprint density at radius 1 is 1.38 bits per heavy atom. The molecule has 0 amide bonds. The Morgan fingerprint density at radius 2 is 2.08 bits per heavy atom. The van der Waals surface area contributed by atoms with Gasteiger partial charge >= 0.3 is 0 Å². The van der Waals surface area contributed by atoms with E-state index in [0.29, 0.717) is 12.2 Å². The minimum atomic E-state index is 0.242. The predicted molar refractivity (Wildman–Crippen MR) is 54.8 cm³/mol. The van der Waals surface area contributed by atoms with E-state index in [0.717, 1.165) is 32.5 Å². The maximum absolute atomic E-state index is 11.4. The van der Waals surface area contributed by atoms with Crippen molar-refractivity contribution in [3.63, 3.8) is 0 Å². The molecule has 1 atom stereocenters. The molecule has 0 heterocycles. The molecule has 0 aliphatic carbocycles. The fraction of sp³-hybridized carbons (Fsp3) is 0.909. The molecular formula is C11H22O2. The smallest absolute Gasteiger partial charge is 0.135 e. The number of ether oxygens (including phenoxy) is 1. The molecule has 1 unspecified atom stereocenters. The SMILES string of the molecule is CCCC(C)C(=O)CCCOCC. The van der Waals surface area contributed by atoms with Gasteiger partial charge in [-0.3, -0.25) is 4.79 Å². The Balaban J connectivity index is 3.38. The molecule has 0 saturated heterocycles. The summed E-state index contributed by atoms with van der Waals surface area (Å²) in [5, 5.41) is 0. The van der Waals surface area contributed by atoms with Crippen LogP contribution in [0.25, 0.3) is 0 Å². The first-order chi connectivity index (χ1) is 6.22. The van der Waals surface area contributed by atoms with E-state index in [1.165, 1.54) is 0 Å². The summed E-state index contributed by atoms with van der Waals surface area (Å²) >= 11 is 0. The van der Waals surface area contributed by atoms with Gasteiger partial charge in [0, 0.05) is 25.6 Å². The van der Waals surface area contributed by atoms with Crippen LogP contribution in [-0.2, 0) is 9.53 Å². The molecule has 0 aromatic heterocycles. The normalized spacial score (nSPS) is 12.8. The van der Waals surface area contributed by atoms with Gasteiger partial charge < -0.3 is 4.74 Å². The van der Waals surface area contributed by atoms with Crippen LogP contribution >= 0.6 is 0 Å². The number of hydrogen-bond donors (Lipinski definition) is 0. The van der Waals surface area contributed by atoms with Gasteiger partial charge in [0.1, 0.15) is 5.78 Å². The van der Waals surface area contributed by atoms with Crippen LogP contribution in [0.1, 0.15) is 46.5 Å². The van der Waals surface area contributed by atoms with E-state index in [2.05, 4.69) is 6.92 Å². The third-order valence-electron chi connectivity index (χ3n) is 2.19. The monoisotopic (exact) mass is 186 g/mol. The molecule has 2 nitrogen and oxygen atoms in total. The molecular weight excluding hydrogens is 164 g/mol. The highest BCUT2D eigenvalue weighted by Crippen LogP contribution is 2.09. The molecule has 13 heavy (non-hydrogen) atoms.